The lowest BCUT2D eigenvalue weighted by molar-refractivity contribution is -0.147. The SMILES string of the molecule is O=C1O[C@@]2(CCN(C(=O)C3(Cc4ccccc4)CCOCC3)C2)CN1c1cccc(Cl)c1. The molecule has 0 bridgehead atoms. The van der Waals surface area contributed by atoms with Gasteiger partial charge in [0, 0.05) is 36.9 Å². The number of rotatable bonds is 4. The summed E-state index contributed by atoms with van der Waals surface area (Å²) in [6, 6.07) is 17.4. The number of anilines is 1. The number of amides is 2. The summed E-state index contributed by atoms with van der Waals surface area (Å²) < 4.78 is 11.5. The van der Waals surface area contributed by atoms with Crippen LogP contribution < -0.4 is 4.90 Å². The highest BCUT2D eigenvalue weighted by molar-refractivity contribution is 6.30. The number of hydrogen-bond acceptors (Lipinski definition) is 4. The molecule has 0 saturated carbocycles. The number of carbonyl (C=O) groups is 2. The maximum absolute atomic E-state index is 13.8. The average molecular weight is 455 g/mol. The summed E-state index contributed by atoms with van der Waals surface area (Å²) in [4.78, 5) is 30.0. The first-order valence-electron chi connectivity index (χ1n) is 11.2. The maximum Gasteiger partial charge on any atom is 0.415 e. The third-order valence-corrected chi connectivity index (χ3v) is 7.22. The maximum atomic E-state index is 13.8. The second-order valence-corrected chi connectivity index (χ2v) is 9.59. The highest BCUT2D eigenvalue weighted by atomic mass is 35.5. The molecule has 0 unspecified atom stereocenters. The molecule has 0 aromatic heterocycles. The first-order valence-corrected chi connectivity index (χ1v) is 11.5. The molecule has 5 rings (SSSR count). The van der Waals surface area contributed by atoms with Gasteiger partial charge in [0.05, 0.1) is 18.5 Å². The quantitative estimate of drug-likeness (QED) is 0.690. The summed E-state index contributed by atoms with van der Waals surface area (Å²) >= 11 is 6.11. The van der Waals surface area contributed by atoms with Crippen LogP contribution >= 0.6 is 11.6 Å². The van der Waals surface area contributed by atoms with Gasteiger partial charge in [-0.15, -0.1) is 0 Å². The molecule has 3 saturated heterocycles. The number of carbonyl (C=O) groups excluding carboxylic acids is 2. The van der Waals surface area contributed by atoms with Crippen LogP contribution in [-0.4, -0.2) is 55.3 Å². The van der Waals surface area contributed by atoms with Gasteiger partial charge in [0.1, 0.15) is 0 Å². The first-order chi connectivity index (χ1) is 15.5. The standard InChI is InChI=1S/C25H27ClN2O4/c26-20-7-4-8-21(15-20)28-18-25(32-23(28)30)9-12-27(17-25)22(29)24(10-13-31-14-11-24)16-19-5-2-1-3-6-19/h1-8,15H,9-14,16-18H2/t25-/m1/s1. The monoisotopic (exact) mass is 454 g/mol. The Morgan fingerprint density at radius 2 is 1.78 bits per heavy atom. The summed E-state index contributed by atoms with van der Waals surface area (Å²) in [5, 5.41) is 0.571. The van der Waals surface area contributed by atoms with Crippen molar-refractivity contribution in [3.63, 3.8) is 0 Å². The van der Waals surface area contributed by atoms with E-state index in [0.29, 0.717) is 69.2 Å². The van der Waals surface area contributed by atoms with E-state index in [9.17, 15) is 9.59 Å². The zero-order valence-electron chi connectivity index (χ0n) is 18.0. The molecular weight excluding hydrogens is 428 g/mol. The van der Waals surface area contributed by atoms with Crippen molar-refractivity contribution in [3.05, 3.63) is 65.2 Å². The van der Waals surface area contributed by atoms with Crippen LogP contribution in [0.15, 0.2) is 54.6 Å². The second kappa shape index (κ2) is 8.41. The molecule has 3 aliphatic rings. The minimum Gasteiger partial charge on any atom is -0.439 e. The van der Waals surface area contributed by atoms with Crippen LogP contribution in [0, 0.1) is 5.41 Å². The van der Waals surface area contributed by atoms with E-state index in [1.165, 1.54) is 0 Å². The molecule has 3 aliphatic heterocycles. The third kappa shape index (κ3) is 3.97. The third-order valence-electron chi connectivity index (χ3n) is 6.98. The van der Waals surface area contributed by atoms with Crippen LogP contribution in [0.3, 0.4) is 0 Å². The lowest BCUT2D eigenvalue weighted by Gasteiger charge is -2.39. The molecule has 0 radical (unpaired) electrons. The Balaban J connectivity index is 1.33. The Morgan fingerprint density at radius 3 is 2.53 bits per heavy atom. The highest BCUT2D eigenvalue weighted by Crippen LogP contribution is 2.41. The zero-order valence-corrected chi connectivity index (χ0v) is 18.7. The van der Waals surface area contributed by atoms with Gasteiger partial charge in [-0.1, -0.05) is 48.0 Å². The van der Waals surface area contributed by atoms with Gasteiger partial charge < -0.3 is 14.4 Å². The summed E-state index contributed by atoms with van der Waals surface area (Å²) in [7, 11) is 0. The predicted octanol–water partition coefficient (Wildman–Crippen LogP) is 4.31. The van der Waals surface area contributed by atoms with E-state index in [1.54, 1.807) is 17.0 Å². The molecule has 0 N–H and O–H groups in total. The van der Waals surface area contributed by atoms with Gasteiger partial charge >= 0.3 is 6.09 Å². The van der Waals surface area contributed by atoms with E-state index in [4.69, 9.17) is 21.1 Å². The minimum absolute atomic E-state index is 0.152. The van der Waals surface area contributed by atoms with Crippen molar-refractivity contribution >= 4 is 29.3 Å². The molecule has 0 aliphatic carbocycles. The summed E-state index contributed by atoms with van der Waals surface area (Å²) in [5.74, 6) is 0.152. The van der Waals surface area contributed by atoms with E-state index in [0.717, 1.165) is 5.56 Å². The Hall–Kier alpha value is -2.57. The fourth-order valence-corrected chi connectivity index (χ4v) is 5.43. The zero-order chi connectivity index (χ0) is 22.2. The molecule has 1 atom stereocenters. The number of hydrogen-bond donors (Lipinski definition) is 0. The van der Waals surface area contributed by atoms with E-state index in [1.807, 2.05) is 35.2 Å². The smallest absolute Gasteiger partial charge is 0.415 e. The number of ether oxygens (including phenoxy) is 2. The first kappa shape index (κ1) is 21.3. The van der Waals surface area contributed by atoms with E-state index < -0.39 is 11.0 Å². The summed E-state index contributed by atoms with van der Waals surface area (Å²) in [6.45, 7) is 2.62. The van der Waals surface area contributed by atoms with Crippen molar-refractivity contribution in [2.24, 2.45) is 5.41 Å². The molecule has 6 nitrogen and oxygen atoms in total. The Bertz CT molecular complexity index is 1010. The number of nitrogens with zero attached hydrogens (tertiary/aromatic N) is 2. The molecule has 2 aromatic rings. The molecule has 2 amide bonds. The van der Waals surface area contributed by atoms with Crippen LogP contribution in [0.1, 0.15) is 24.8 Å². The van der Waals surface area contributed by atoms with Crippen LogP contribution in [0.2, 0.25) is 5.02 Å². The summed E-state index contributed by atoms with van der Waals surface area (Å²) in [5.41, 5.74) is 0.736. The van der Waals surface area contributed by atoms with Crippen LogP contribution in [0.25, 0.3) is 0 Å². The van der Waals surface area contributed by atoms with E-state index in [2.05, 4.69) is 12.1 Å². The van der Waals surface area contributed by atoms with Crippen LogP contribution in [0.4, 0.5) is 10.5 Å². The minimum atomic E-state index is -0.672. The normalized spacial score (nSPS) is 24.7. The van der Waals surface area contributed by atoms with Crippen molar-refractivity contribution in [3.8, 4) is 0 Å². The summed E-state index contributed by atoms with van der Waals surface area (Å²) in [6.07, 6.45) is 2.37. The van der Waals surface area contributed by atoms with Crippen molar-refractivity contribution in [1.29, 1.82) is 0 Å². The van der Waals surface area contributed by atoms with Crippen molar-refractivity contribution in [1.82, 2.24) is 4.90 Å². The fraction of sp³-hybridized carbons (Fsp3) is 0.440. The van der Waals surface area contributed by atoms with Crippen molar-refractivity contribution < 1.29 is 19.1 Å². The van der Waals surface area contributed by atoms with Gasteiger partial charge in [0.2, 0.25) is 5.91 Å². The Labute approximate surface area is 193 Å². The molecule has 3 heterocycles. The van der Waals surface area contributed by atoms with Gasteiger partial charge in [-0.3, -0.25) is 9.69 Å². The van der Waals surface area contributed by atoms with Crippen molar-refractivity contribution in [2.75, 3.05) is 37.7 Å². The number of halogens is 1. The van der Waals surface area contributed by atoms with Gasteiger partial charge in [0.15, 0.2) is 5.60 Å². The second-order valence-electron chi connectivity index (χ2n) is 9.15. The highest BCUT2D eigenvalue weighted by Gasteiger charge is 2.53. The van der Waals surface area contributed by atoms with Crippen LogP contribution in [0.5, 0.6) is 0 Å². The molecule has 3 fully saturated rings. The number of likely N-dealkylation sites (tertiary alicyclic amines) is 1. The lowest BCUT2D eigenvalue weighted by Crippen LogP contribution is -2.49. The Morgan fingerprint density at radius 1 is 1.00 bits per heavy atom. The van der Waals surface area contributed by atoms with Crippen molar-refractivity contribution in [2.45, 2.75) is 31.3 Å². The Kier molecular flexibility index (Phi) is 5.59. The molecule has 168 valence electrons. The largest absolute Gasteiger partial charge is 0.439 e. The molecule has 32 heavy (non-hydrogen) atoms. The average Bonchev–Trinajstić information content (AvgIpc) is 3.37. The lowest BCUT2D eigenvalue weighted by atomic mass is 9.74. The van der Waals surface area contributed by atoms with Gasteiger partial charge in [-0.05, 0) is 43.0 Å². The fourth-order valence-electron chi connectivity index (χ4n) is 5.25. The molecule has 1 spiro atoms. The van der Waals surface area contributed by atoms with Gasteiger partial charge in [-0.25, -0.2) is 4.79 Å². The molecular formula is C25H27ClN2O4. The molecule has 2 aromatic carbocycles. The topological polar surface area (TPSA) is 59.1 Å². The van der Waals surface area contributed by atoms with E-state index in [-0.39, 0.29) is 12.0 Å². The number of benzene rings is 2. The van der Waals surface area contributed by atoms with Crippen LogP contribution in [-0.2, 0) is 20.7 Å². The van der Waals surface area contributed by atoms with Gasteiger partial charge in [-0.2, -0.15) is 0 Å². The van der Waals surface area contributed by atoms with E-state index >= 15 is 0 Å². The van der Waals surface area contributed by atoms with Gasteiger partial charge in [0.25, 0.3) is 0 Å². The molecule has 7 heteroatoms. The predicted molar refractivity (Wildman–Crippen MR) is 122 cm³/mol.